The number of aromatic hydroxyl groups is 1. The Labute approximate surface area is 107 Å². The second kappa shape index (κ2) is 4.57. The van der Waals surface area contributed by atoms with Crippen molar-refractivity contribution in [1.29, 1.82) is 0 Å². The van der Waals surface area contributed by atoms with Crippen LogP contribution in [0.5, 0.6) is 11.5 Å². The third kappa shape index (κ3) is 2.08. The van der Waals surface area contributed by atoms with E-state index in [1.54, 1.807) is 0 Å². The fraction of sp³-hybridized carbons (Fsp3) is 0.500. The van der Waals surface area contributed by atoms with E-state index < -0.39 is 0 Å². The van der Waals surface area contributed by atoms with Crippen molar-refractivity contribution in [2.75, 3.05) is 0 Å². The monoisotopic (exact) mass is 248 g/mol. The van der Waals surface area contributed by atoms with Gasteiger partial charge >= 0.3 is 0 Å². The van der Waals surface area contributed by atoms with Crippen molar-refractivity contribution in [3.63, 3.8) is 0 Å². The van der Waals surface area contributed by atoms with Crippen molar-refractivity contribution in [1.82, 2.24) is 0 Å². The van der Waals surface area contributed by atoms with E-state index in [1.807, 2.05) is 22.6 Å². The molecular weight excluding hydrogens is 229 g/mol. The van der Waals surface area contributed by atoms with E-state index >= 15 is 0 Å². The summed E-state index contributed by atoms with van der Waals surface area (Å²) in [5.74, 6) is 1.44. The molecule has 1 aliphatic heterocycles. The van der Waals surface area contributed by atoms with Gasteiger partial charge in [0, 0.05) is 5.66 Å². The lowest BCUT2D eigenvalue weighted by atomic mass is 9.77. The van der Waals surface area contributed by atoms with E-state index in [0.717, 1.165) is 35.1 Å². The Morgan fingerprint density at radius 2 is 2.06 bits per heavy atom. The number of phenols is 1. The lowest BCUT2D eigenvalue weighted by Crippen LogP contribution is -2.36. The average Bonchev–Trinajstić information content (AvgIpc) is 2.32. The lowest BCUT2D eigenvalue weighted by molar-refractivity contribution is 0.176. The molecule has 5 heteroatoms. The zero-order valence-electron chi connectivity index (χ0n) is 11.0. The van der Waals surface area contributed by atoms with E-state index in [0.29, 0.717) is 11.4 Å². The van der Waals surface area contributed by atoms with Gasteiger partial charge in [0.15, 0.2) is 0 Å². The molecule has 1 heterocycles. The molecule has 1 N–H and O–H groups in total. The Morgan fingerprint density at radius 1 is 1.41 bits per heavy atom. The second-order valence-corrected chi connectivity index (χ2v) is 6.14. The summed E-state index contributed by atoms with van der Waals surface area (Å²) < 4.78 is 6.11. The average molecular weight is 248 g/mol. The third-order valence-electron chi connectivity index (χ3n) is 3.87. The largest absolute Gasteiger partial charge is 0.508 e. The topological polar surface area (TPSA) is 29.5 Å². The van der Waals surface area contributed by atoms with E-state index in [4.69, 9.17) is 4.74 Å². The van der Waals surface area contributed by atoms with Crippen molar-refractivity contribution in [3.05, 3.63) is 11.1 Å². The third-order valence-corrected chi connectivity index (χ3v) is 4.30. The molecule has 0 bridgehead atoms. The smallest absolute Gasteiger partial charge is 0.144 e. The minimum Gasteiger partial charge on any atom is -0.508 e. The van der Waals surface area contributed by atoms with Gasteiger partial charge < -0.3 is 9.84 Å². The first kappa shape index (κ1) is 12.8. The summed E-state index contributed by atoms with van der Waals surface area (Å²) in [5.41, 5.74) is 4.65. The molecule has 0 fully saturated rings. The van der Waals surface area contributed by atoms with Crippen LogP contribution >= 0.6 is 9.24 Å². The number of fused-ring (bicyclic) bond motifs is 1. The summed E-state index contributed by atoms with van der Waals surface area (Å²) in [4.78, 5) is 0. The fourth-order valence-electron chi connectivity index (χ4n) is 2.50. The lowest BCUT2D eigenvalue weighted by Gasteiger charge is -2.32. The normalized spacial score (nSPS) is 20.5. The molecule has 0 aromatic heterocycles. The number of hydrogen-bond acceptors (Lipinski definition) is 2. The van der Waals surface area contributed by atoms with Gasteiger partial charge in [-0.05, 0) is 41.8 Å². The standard InChI is InChI=1S/C12H19B2O2P/c1-5-9(13)12-7(10(14)11(5)15)3-4-8(16-12)6(2)17/h6,8,15H,3-4,13-14,17H2,1-2H3. The van der Waals surface area contributed by atoms with Crippen molar-refractivity contribution < 1.29 is 9.84 Å². The summed E-state index contributed by atoms with van der Waals surface area (Å²) in [6.45, 7) is 4.12. The highest BCUT2D eigenvalue weighted by molar-refractivity contribution is 7.17. The van der Waals surface area contributed by atoms with Crippen LogP contribution in [0.1, 0.15) is 24.5 Å². The van der Waals surface area contributed by atoms with Crippen LogP contribution in [0, 0.1) is 6.92 Å². The summed E-state index contributed by atoms with van der Waals surface area (Å²) in [6, 6.07) is 0. The van der Waals surface area contributed by atoms with Crippen LogP contribution < -0.4 is 15.7 Å². The number of phenolic OH excluding ortho intramolecular Hbond substituents is 1. The van der Waals surface area contributed by atoms with E-state index in [1.165, 1.54) is 5.56 Å². The first-order valence-corrected chi connectivity index (χ1v) is 6.84. The van der Waals surface area contributed by atoms with E-state index in [9.17, 15) is 5.11 Å². The number of hydrogen-bond donors (Lipinski definition) is 1. The van der Waals surface area contributed by atoms with Gasteiger partial charge in [0.05, 0.1) is 0 Å². The van der Waals surface area contributed by atoms with Gasteiger partial charge in [0.2, 0.25) is 0 Å². The number of rotatable bonds is 1. The van der Waals surface area contributed by atoms with Crippen LogP contribution in [0.3, 0.4) is 0 Å². The van der Waals surface area contributed by atoms with Gasteiger partial charge in [0.1, 0.15) is 33.3 Å². The van der Waals surface area contributed by atoms with Gasteiger partial charge in [-0.2, -0.15) is 0 Å². The maximum atomic E-state index is 10.1. The van der Waals surface area contributed by atoms with Crippen molar-refractivity contribution in [2.24, 2.45) is 0 Å². The molecule has 0 saturated carbocycles. The SMILES string of the molecule is Bc1c(O)c(C)c(B)c2c1CCC(C(C)P)O2. The predicted molar refractivity (Wildman–Crippen MR) is 81.1 cm³/mol. The summed E-state index contributed by atoms with van der Waals surface area (Å²) >= 11 is 0. The van der Waals surface area contributed by atoms with Crippen LogP contribution in [-0.4, -0.2) is 32.6 Å². The van der Waals surface area contributed by atoms with E-state index in [-0.39, 0.29) is 6.10 Å². The number of benzene rings is 1. The highest BCUT2D eigenvalue weighted by atomic mass is 31.0. The highest BCUT2D eigenvalue weighted by Gasteiger charge is 2.27. The summed E-state index contributed by atoms with van der Waals surface area (Å²) in [7, 11) is 6.83. The van der Waals surface area contributed by atoms with Crippen molar-refractivity contribution >= 4 is 35.9 Å². The molecule has 3 atom stereocenters. The van der Waals surface area contributed by atoms with Crippen LogP contribution in [0.2, 0.25) is 0 Å². The van der Waals surface area contributed by atoms with Crippen LogP contribution in [0.15, 0.2) is 0 Å². The molecule has 2 nitrogen and oxygen atoms in total. The minimum absolute atomic E-state index is 0.273. The first-order valence-electron chi connectivity index (χ1n) is 6.17. The Balaban J connectivity index is 2.51. The zero-order chi connectivity index (χ0) is 12.7. The molecule has 1 aromatic carbocycles. The Bertz CT molecular complexity index is 461. The van der Waals surface area contributed by atoms with Gasteiger partial charge in [-0.3, -0.25) is 0 Å². The second-order valence-electron chi connectivity index (χ2n) is 5.09. The summed E-state index contributed by atoms with van der Waals surface area (Å²) in [5, 5.41) is 10.1. The predicted octanol–water partition coefficient (Wildman–Crippen LogP) is -0.825. The van der Waals surface area contributed by atoms with Crippen molar-refractivity contribution in [3.8, 4) is 11.5 Å². The molecule has 2 rings (SSSR count). The maximum absolute atomic E-state index is 10.1. The Hall–Kier alpha value is -0.620. The van der Waals surface area contributed by atoms with Crippen LogP contribution in [0.25, 0.3) is 0 Å². The molecule has 0 saturated heterocycles. The van der Waals surface area contributed by atoms with Gasteiger partial charge in [-0.25, -0.2) is 0 Å². The Morgan fingerprint density at radius 3 is 2.65 bits per heavy atom. The highest BCUT2D eigenvalue weighted by Crippen LogP contribution is 2.30. The van der Waals surface area contributed by atoms with Gasteiger partial charge in [-0.1, -0.05) is 6.92 Å². The number of ether oxygens (including phenoxy) is 1. The molecule has 90 valence electrons. The zero-order valence-corrected chi connectivity index (χ0v) is 12.2. The van der Waals surface area contributed by atoms with Crippen molar-refractivity contribution in [2.45, 2.75) is 38.5 Å². The molecule has 1 aliphatic rings. The fourth-order valence-corrected chi connectivity index (χ4v) is 2.77. The molecular formula is C12H19B2O2P. The van der Waals surface area contributed by atoms with Gasteiger partial charge in [0.25, 0.3) is 0 Å². The molecule has 0 amide bonds. The quantitative estimate of drug-likeness (QED) is 0.519. The minimum atomic E-state index is 0.273. The molecule has 0 radical (unpaired) electrons. The molecule has 0 aliphatic carbocycles. The summed E-state index contributed by atoms with van der Waals surface area (Å²) in [6.07, 6.45) is 2.30. The molecule has 3 unspecified atom stereocenters. The molecule has 17 heavy (non-hydrogen) atoms. The van der Waals surface area contributed by atoms with E-state index in [2.05, 4.69) is 16.2 Å². The van der Waals surface area contributed by atoms with Gasteiger partial charge in [-0.15, -0.1) is 9.24 Å². The maximum Gasteiger partial charge on any atom is 0.144 e. The molecule has 1 aromatic rings. The molecule has 0 spiro atoms. The Kier molecular flexibility index (Phi) is 3.45. The van der Waals surface area contributed by atoms with Crippen LogP contribution in [0.4, 0.5) is 0 Å². The van der Waals surface area contributed by atoms with Crippen LogP contribution in [-0.2, 0) is 6.42 Å². The first-order chi connectivity index (χ1) is 7.93.